The van der Waals surface area contributed by atoms with Crippen molar-refractivity contribution < 1.29 is 9.47 Å². The van der Waals surface area contributed by atoms with Gasteiger partial charge in [0.15, 0.2) is 11.5 Å². The molecule has 0 heterocycles. The van der Waals surface area contributed by atoms with Crippen LogP contribution in [0.1, 0.15) is 16.7 Å². The highest BCUT2D eigenvalue weighted by molar-refractivity contribution is 9.10. The number of allylic oxidation sites excluding steroid dienone is 1. The van der Waals surface area contributed by atoms with Gasteiger partial charge in [0.1, 0.15) is 6.61 Å². The lowest BCUT2D eigenvalue weighted by Gasteiger charge is -2.14. The Hall–Kier alpha value is -2.74. The van der Waals surface area contributed by atoms with Gasteiger partial charge < -0.3 is 9.47 Å². The molecule has 0 aromatic heterocycles. The first kappa shape index (κ1) is 20.0. The molecular formula is C23H17BrClNO2. The van der Waals surface area contributed by atoms with E-state index in [9.17, 15) is 5.26 Å². The summed E-state index contributed by atoms with van der Waals surface area (Å²) in [5, 5.41) is 10.1. The lowest BCUT2D eigenvalue weighted by molar-refractivity contribution is 0.282. The van der Waals surface area contributed by atoms with Gasteiger partial charge in [0.05, 0.1) is 23.2 Å². The van der Waals surface area contributed by atoms with Gasteiger partial charge in [-0.2, -0.15) is 5.26 Å². The molecule has 0 N–H and O–H groups in total. The van der Waals surface area contributed by atoms with Gasteiger partial charge >= 0.3 is 0 Å². The van der Waals surface area contributed by atoms with Crippen LogP contribution in [0, 0.1) is 11.3 Å². The molecule has 5 heteroatoms. The Labute approximate surface area is 177 Å². The second-order valence-electron chi connectivity index (χ2n) is 5.96. The summed E-state index contributed by atoms with van der Waals surface area (Å²) in [6.45, 7) is 0.425. The van der Waals surface area contributed by atoms with Gasteiger partial charge in [0, 0.05) is 10.6 Å². The number of benzene rings is 3. The summed E-state index contributed by atoms with van der Waals surface area (Å²) < 4.78 is 12.2. The number of ether oxygens (including phenoxy) is 2. The number of halogens is 2. The third-order valence-corrected chi connectivity index (χ3v) is 4.99. The van der Waals surface area contributed by atoms with E-state index in [4.69, 9.17) is 21.1 Å². The molecule has 0 radical (unpaired) electrons. The Morgan fingerprint density at radius 1 is 1.11 bits per heavy atom. The molecule has 0 amide bonds. The van der Waals surface area contributed by atoms with E-state index in [-0.39, 0.29) is 0 Å². The lowest BCUT2D eigenvalue weighted by Crippen LogP contribution is -1.99. The Morgan fingerprint density at radius 3 is 2.50 bits per heavy atom. The van der Waals surface area contributed by atoms with Crippen LogP contribution in [-0.2, 0) is 6.61 Å². The van der Waals surface area contributed by atoms with E-state index in [0.717, 1.165) is 15.6 Å². The lowest BCUT2D eigenvalue weighted by atomic mass is 10.0. The van der Waals surface area contributed by atoms with E-state index in [1.54, 1.807) is 19.3 Å². The SMILES string of the molecule is COc1cc(C=C(C#N)c2ccccc2Cl)cc(Br)c1OCc1ccccc1. The minimum absolute atomic E-state index is 0.425. The van der Waals surface area contributed by atoms with Gasteiger partial charge in [-0.25, -0.2) is 0 Å². The molecule has 0 aliphatic rings. The third kappa shape index (κ3) is 4.75. The summed E-state index contributed by atoms with van der Waals surface area (Å²) in [6.07, 6.45) is 1.77. The zero-order valence-corrected chi connectivity index (χ0v) is 17.5. The maximum Gasteiger partial charge on any atom is 0.175 e. The van der Waals surface area contributed by atoms with Crippen molar-refractivity contribution in [3.8, 4) is 17.6 Å². The van der Waals surface area contributed by atoms with Crippen molar-refractivity contribution in [2.24, 2.45) is 0 Å². The zero-order valence-electron chi connectivity index (χ0n) is 15.2. The quantitative estimate of drug-likeness (QED) is 0.305. The molecule has 0 fully saturated rings. The molecule has 0 spiro atoms. The topological polar surface area (TPSA) is 42.2 Å². The van der Waals surface area contributed by atoms with Crippen LogP contribution in [0.15, 0.2) is 71.2 Å². The van der Waals surface area contributed by atoms with Crippen LogP contribution >= 0.6 is 27.5 Å². The monoisotopic (exact) mass is 453 g/mol. The average molecular weight is 455 g/mol. The van der Waals surface area contributed by atoms with Gasteiger partial charge in [-0.3, -0.25) is 0 Å². The molecule has 3 nitrogen and oxygen atoms in total. The smallest absolute Gasteiger partial charge is 0.175 e. The first-order chi connectivity index (χ1) is 13.6. The van der Waals surface area contributed by atoms with Gasteiger partial charge in [0.25, 0.3) is 0 Å². The summed E-state index contributed by atoms with van der Waals surface area (Å²) in [5.41, 5.74) is 3.02. The fourth-order valence-corrected chi connectivity index (χ4v) is 3.52. The van der Waals surface area contributed by atoms with Crippen LogP contribution in [0.25, 0.3) is 11.6 Å². The van der Waals surface area contributed by atoms with Gasteiger partial charge in [-0.1, -0.05) is 60.1 Å². The maximum absolute atomic E-state index is 9.58. The standard InChI is InChI=1S/C23H17BrClNO2/c1-27-22-13-17(11-18(14-26)19-9-5-6-10-21(19)25)12-20(24)23(22)28-15-16-7-3-2-4-8-16/h2-13H,15H2,1H3. The summed E-state index contributed by atoms with van der Waals surface area (Å²) in [5.74, 6) is 1.19. The normalized spacial score (nSPS) is 11.0. The molecule has 28 heavy (non-hydrogen) atoms. The first-order valence-corrected chi connectivity index (χ1v) is 9.70. The molecule has 3 rings (SSSR count). The molecular weight excluding hydrogens is 438 g/mol. The average Bonchev–Trinajstić information content (AvgIpc) is 2.72. The number of rotatable bonds is 6. The fourth-order valence-electron chi connectivity index (χ4n) is 2.71. The zero-order chi connectivity index (χ0) is 19.9. The first-order valence-electron chi connectivity index (χ1n) is 8.53. The number of nitriles is 1. The van der Waals surface area contributed by atoms with Crippen LogP contribution in [-0.4, -0.2) is 7.11 Å². The highest BCUT2D eigenvalue weighted by Crippen LogP contribution is 2.38. The molecule has 3 aromatic carbocycles. The Balaban J connectivity index is 1.92. The van der Waals surface area contributed by atoms with E-state index in [1.165, 1.54) is 0 Å². The minimum atomic E-state index is 0.425. The molecule has 0 bridgehead atoms. The Morgan fingerprint density at radius 2 is 1.82 bits per heavy atom. The molecule has 0 aliphatic carbocycles. The van der Waals surface area contributed by atoms with Gasteiger partial charge in [0.2, 0.25) is 0 Å². The van der Waals surface area contributed by atoms with Crippen LogP contribution in [0.3, 0.4) is 0 Å². The van der Waals surface area contributed by atoms with Crippen LogP contribution in [0.4, 0.5) is 0 Å². The minimum Gasteiger partial charge on any atom is -0.493 e. The summed E-state index contributed by atoms with van der Waals surface area (Å²) in [6, 6.07) is 23.1. The van der Waals surface area contributed by atoms with Crippen molar-refractivity contribution in [2.75, 3.05) is 7.11 Å². The van der Waals surface area contributed by atoms with Crippen molar-refractivity contribution in [2.45, 2.75) is 6.61 Å². The Bertz CT molecular complexity index is 1040. The summed E-state index contributed by atoms with van der Waals surface area (Å²) in [4.78, 5) is 0. The maximum atomic E-state index is 9.58. The molecule has 0 aliphatic heterocycles. The van der Waals surface area contributed by atoms with Crippen molar-refractivity contribution in [1.82, 2.24) is 0 Å². The van der Waals surface area contributed by atoms with E-state index in [2.05, 4.69) is 22.0 Å². The molecule has 0 unspecified atom stereocenters. The van der Waals surface area contributed by atoms with Gasteiger partial charge in [-0.05, 0) is 51.3 Å². The second-order valence-corrected chi connectivity index (χ2v) is 7.22. The number of nitrogens with zero attached hydrogens (tertiary/aromatic N) is 1. The molecule has 3 aromatic rings. The van der Waals surface area contributed by atoms with E-state index in [1.807, 2.05) is 60.7 Å². The Kier molecular flexibility index (Phi) is 6.76. The van der Waals surface area contributed by atoms with Crippen molar-refractivity contribution in [3.05, 3.63) is 92.9 Å². The predicted octanol–water partition coefficient (Wildman–Crippen LogP) is 6.75. The van der Waals surface area contributed by atoms with Crippen molar-refractivity contribution in [3.63, 3.8) is 0 Å². The largest absolute Gasteiger partial charge is 0.493 e. The summed E-state index contributed by atoms with van der Waals surface area (Å²) in [7, 11) is 1.59. The predicted molar refractivity (Wildman–Crippen MR) is 116 cm³/mol. The van der Waals surface area contributed by atoms with Crippen molar-refractivity contribution >= 4 is 39.2 Å². The van der Waals surface area contributed by atoms with Gasteiger partial charge in [-0.15, -0.1) is 0 Å². The summed E-state index contributed by atoms with van der Waals surface area (Å²) >= 11 is 9.78. The molecule has 0 saturated carbocycles. The number of hydrogen-bond acceptors (Lipinski definition) is 3. The number of hydrogen-bond donors (Lipinski definition) is 0. The van der Waals surface area contributed by atoms with E-state index >= 15 is 0 Å². The second kappa shape index (κ2) is 9.45. The van der Waals surface area contributed by atoms with E-state index in [0.29, 0.717) is 34.3 Å². The molecule has 140 valence electrons. The highest BCUT2D eigenvalue weighted by atomic mass is 79.9. The molecule has 0 atom stereocenters. The highest BCUT2D eigenvalue weighted by Gasteiger charge is 2.13. The molecule has 0 saturated heterocycles. The number of methoxy groups -OCH3 is 1. The van der Waals surface area contributed by atoms with E-state index < -0.39 is 0 Å². The third-order valence-electron chi connectivity index (χ3n) is 4.07. The fraction of sp³-hybridized carbons (Fsp3) is 0.0870. The van der Waals surface area contributed by atoms with Crippen LogP contribution < -0.4 is 9.47 Å². The van der Waals surface area contributed by atoms with Crippen LogP contribution in [0.2, 0.25) is 5.02 Å². The van der Waals surface area contributed by atoms with Crippen molar-refractivity contribution in [1.29, 1.82) is 5.26 Å². The van der Waals surface area contributed by atoms with Crippen LogP contribution in [0.5, 0.6) is 11.5 Å².